The minimum Gasteiger partial charge on any atom is -0.394 e. The first-order valence-electron chi connectivity index (χ1n) is 26.3. The standard InChI is InChI=1S/C58H95NO8/c1-3-5-7-9-11-13-15-17-19-20-21-22-23-24-25-26-27-28-29-30-31-32-34-36-38-40-42-44-46-48-54(62)59-51(50-66-58-57(65)56(64)55(63)53(49-60)67-58)52(61)47-45-43-41-39-37-35-33-18-16-14-12-10-8-6-4-2/h5,7,11,13,17,19,21-22,24-25,27-28,30-31,34,36,40,42,45,47,51-53,55-58,60-61,63-65H,3-4,6,8-10,12,14-16,18,20,23,26,29,32-33,35,37-39,41,43-44,46,48-50H2,1-2H3,(H,59,62)/b7-5-,13-11-,19-17-,22-21-,25-24-,28-27-,31-30-,36-34-,42-40-,47-45+. The highest BCUT2D eigenvalue weighted by Gasteiger charge is 2.44. The van der Waals surface area contributed by atoms with Crippen LogP contribution in [0.2, 0.25) is 0 Å². The quantitative estimate of drug-likeness (QED) is 0.0262. The van der Waals surface area contributed by atoms with E-state index in [1.165, 1.54) is 70.6 Å². The maximum atomic E-state index is 13.0. The number of allylic oxidation sites excluding steroid dienone is 19. The molecule has 0 aromatic heterocycles. The monoisotopic (exact) mass is 934 g/mol. The van der Waals surface area contributed by atoms with Crippen LogP contribution >= 0.6 is 0 Å². The van der Waals surface area contributed by atoms with Gasteiger partial charge in [0.25, 0.3) is 0 Å². The van der Waals surface area contributed by atoms with E-state index in [4.69, 9.17) is 9.47 Å². The van der Waals surface area contributed by atoms with Crippen LogP contribution in [0.25, 0.3) is 0 Å². The Hall–Kier alpha value is -3.41. The summed E-state index contributed by atoms with van der Waals surface area (Å²) in [7, 11) is 0. The van der Waals surface area contributed by atoms with E-state index in [0.29, 0.717) is 6.42 Å². The Kier molecular flexibility index (Phi) is 42.6. The molecular weight excluding hydrogens is 839 g/mol. The maximum absolute atomic E-state index is 13.0. The molecule has 1 fully saturated rings. The van der Waals surface area contributed by atoms with Crippen LogP contribution in [0.4, 0.5) is 0 Å². The summed E-state index contributed by atoms with van der Waals surface area (Å²) in [6.07, 6.45) is 62.5. The molecular formula is C58H95NO8. The molecule has 67 heavy (non-hydrogen) atoms. The number of amides is 1. The van der Waals surface area contributed by atoms with E-state index in [0.717, 1.165) is 83.5 Å². The van der Waals surface area contributed by atoms with E-state index in [1.807, 2.05) is 6.08 Å². The van der Waals surface area contributed by atoms with Crippen molar-refractivity contribution >= 4 is 5.91 Å². The number of aliphatic hydroxyl groups is 5. The largest absolute Gasteiger partial charge is 0.394 e. The molecule has 1 heterocycles. The first-order valence-corrected chi connectivity index (χ1v) is 26.3. The Morgan fingerprint density at radius 1 is 0.522 bits per heavy atom. The molecule has 1 amide bonds. The molecule has 0 saturated carbocycles. The molecule has 6 N–H and O–H groups in total. The van der Waals surface area contributed by atoms with Crippen molar-refractivity contribution in [1.82, 2.24) is 5.32 Å². The second kappa shape index (κ2) is 46.3. The molecule has 1 aliphatic rings. The zero-order valence-corrected chi connectivity index (χ0v) is 41.8. The van der Waals surface area contributed by atoms with Crippen molar-refractivity contribution in [1.29, 1.82) is 0 Å². The highest BCUT2D eigenvalue weighted by Crippen LogP contribution is 2.22. The number of hydrogen-bond donors (Lipinski definition) is 6. The normalized spacial score (nSPS) is 20.7. The van der Waals surface area contributed by atoms with E-state index < -0.39 is 49.5 Å². The van der Waals surface area contributed by atoms with Gasteiger partial charge in [0.15, 0.2) is 6.29 Å². The Balaban J connectivity index is 2.34. The van der Waals surface area contributed by atoms with E-state index >= 15 is 0 Å². The number of rotatable bonds is 42. The molecule has 1 rings (SSSR count). The molecule has 0 spiro atoms. The van der Waals surface area contributed by atoms with E-state index in [-0.39, 0.29) is 18.9 Å². The van der Waals surface area contributed by atoms with Crippen LogP contribution in [0, 0.1) is 0 Å². The lowest BCUT2D eigenvalue weighted by Crippen LogP contribution is -2.60. The molecule has 7 atom stereocenters. The van der Waals surface area contributed by atoms with E-state index in [1.54, 1.807) is 6.08 Å². The van der Waals surface area contributed by atoms with Crippen molar-refractivity contribution in [3.8, 4) is 0 Å². The highest BCUT2D eigenvalue weighted by molar-refractivity contribution is 5.76. The molecule has 7 unspecified atom stereocenters. The fraction of sp³-hybridized carbons (Fsp3) is 0.638. The molecule has 0 radical (unpaired) electrons. The molecule has 1 aliphatic heterocycles. The zero-order valence-electron chi connectivity index (χ0n) is 41.8. The van der Waals surface area contributed by atoms with Crippen molar-refractivity contribution in [3.05, 3.63) is 122 Å². The van der Waals surface area contributed by atoms with Crippen molar-refractivity contribution in [2.75, 3.05) is 13.2 Å². The second-order valence-corrected chi connectivity index (χ2v) is 17.6. The summed E-state index contributed by atoms with van der Waals surface area (Å²) >= 11 is 0. The third-order valence-electron chi connectivity index (χ3n) is 11.5. The fourth-order valence-corrected chi connectivity index (χ4v) is 7.39. The number of carbonyl (C=O) groups is 1. The Bertz CT molecular complexity index is 1460. The lowest BCUT2D eigenvalue weighted by molar-refractivity contribution is -0.302. The van der Waals surface area contributed by atoms with Gasteiger partial charge in [-0.2, -0.15) is 0 Å². The van der Waals surface area contributed by atoms with Gasteiger partial charge in [-0.3, -0.25) is 4.79 Å². The van der Waals surface area contributed by atoms with Crippen molar-refractivity contribution in [2.24, 2.45) is 0 Å². The number of aliphatic hydroxyl groups excluding tert-OH is 5. The Morgan fingerprint density at radius 3 is 1.36 bits per heavy atom. The summed E-state index contributed by atoms with van der Waals surface area (Å²) in [6, 6.07) is -0.844. The predicted molar refractivity (Wildman–Crippen MR) is 280 cm³/mol. The van der Waals surface area contributed by atoms with Crippen LogP contribution < -0.4 is 5.32 Å². The number of carbonyl (C=O) groups excluding carboxylic acids is 1. The van der Waals surface area contributed by atoms with Gasteiger partial charge in [0.2, 0.25) is 5.91 Å². The number of ether oxygens (including phenoxy) is 2. The molecule has 0 aromatic carbocycles. The smallest absolute Gasteiger partial charge is 0.220 e. The molecule has 0 aromatic rings. The molecule has 380 valence electrons. The average molecular weight is 934 g/mol. The zero-order chi connectivity index (χ0) is 48.7. The van der Waals surface area contributed by atoms with Crippen LogP contribution in [0.3, 0.4) is 0 Å². The van der Waals surface area contributed by atoms with Crippen LogP contribution in [0.1, 0.15) is 181 Å². The van der Waals surface area contributed by atoms with Gasteiger partial charge in [-0.05, 0) is 83.5 Å². The summed E-state index contributed by atoms with van der Waals surface area (Å²) in [5.41, 5.74) is 0. The lowest BCUT2D eigenvalue weighted by atomic mass is 9.99. The average Bonchev–Trinajstić information content (AvgIpc) is 3.33. The number of hydrogen-bond acceptors (Lipinski definition) is 8. The summed E-state index contributed by atoms with van der Waals surface area (Å²) < 4.78 is 11.2. The van der Waals surface area contributed by atoms with Gasteiger partial charge in [-0.25, -0.2) is 0 Å². The van der Waals surface area contributed by atoms with Gasteiger partial charge in [-0.1, -0.05) is 212 Å². The van der Waals surface area contributed by atoms with Gasteiger partial charge >= 0.3 is 0 Å². The van der Waals surface area contributed by atoms with Gasteiger partial charge in [-0.15, -0.1) is 0 Å². The van der Waals surface area contributed by atoms with Crippen molar-refractivity contribution in [2.45, 2.75) is 224 Å². The Labute approximate surface area is 408 Å². The van der Waals surface area contributed by atoms with Gasteiger partial charge in [0, 0.05) is 6.42 Å². The summed E-state index contributed by atoms with van der Waals surface area (Å²) in [5.74, 6) is -0.240. The minimum atomic E-state index is -1.58. The van der Waals surface area contributed by atoms with E-state index in [2.05, 4.69) is 129 Å². The Morgan fingerprint density at radius 2 is 0.925 bits per heavy atom. The van der Waals surface area contributed by atoms with Crippen LogP contribution in [0.15, 0.2) is 122 Å². The van der Waals surface area contributed by atoms with Crippen molar-refractivity contribution < 1.29 is 39.8 Å². The van der Waals surface area contributed by atoms with Gasteiger partial charge in [0.05, 0.1) is 25.4 Å². The summed E-state index contributed by atoms with van der Waals surface area (Å²) in [6.45, 7) is 3.61. The van der Waals surface area contributed by atoms with Crippen LogP contribution in [-0.4, -0.2) is 87.5 Å². The third-order valence-corrected chi connectivity index (χ3v) is 11.5. The second-order valence-electron chi connectivity index (χ2n) is 17.6. The molecule has 1 saturated heterocycles. The molecule has 9 heteroatoms. The minimum absolute atomic E-state index is 0.220. The van der Waals surface area contributed by atoms with Gasteiger partial charge in [0.1, 0.15) is 24.4 Å². The topological polar surface area (TPSA) is 149 Å². The number of unbranched alkanes of at least 4 members (excludes halogenated alkanes) is 14. The predicted octanol–water partition coefficient (Wildman–Crippen LogP) is 12.4. The molecule has 9 nitrogen and oxygen atoms in total. The van der Waals surface area contributed by atoms with Crippen LogP contribution in [-0.2, 0) is 14.3 Å². The first kappa shape index (κ1) is 61.6. The van der Waals surface area contributed by atoms with Crippen molar-refractivity contribution in [3.63, 3.8) is 0 Å². The highest BCUT2D eigenvalue weighted by atomic mass is 16.7. The van der Waals surface area contributed by atoms with Crippen LogP contribution in [0.5, 0.6) is 0 Å². The lowest BCUT2D eigenvalue weighted by Gasteiger charge is -2.40. The molecule has 0 aliphatic carbocycles. The fourth-order valence-electron chi connectivity index (χ4n) is 7.39. The third kappa shape index (κ3) is 36.3. The summed E-state index contributed by atoms with van der Waals surface area (Å²) in [4.78, 5) is 13.0. The molecule has 0 bridgehead atoms. The van der Waals surface area contributed by atoms with E-state index in [9.17, 15) is 30.3 Å². The first-order chi connectivity index (χ1) is 32.8. The SMILES string of the molecule is CC/C=C\C/C=C\C/C=C\C/C=C\C/C=C\C/C=C\C/C=C\C/C=C\C/C=C\CCCC(=O)NC(COC1OC(CO)C(O)C(O)C1O)C(O)/C=C/CCCCCCCCCCCCCCC. The maximum Gasteiger partial charge on any atom is 0.220 e. The number of nitrogens with one attached hydrogen (secondary N) is 1. The van der Waals surface area contributed by atoms with Gasteiger partial charge < -0.3 is 40.3 Å². The summed E-state index contributed by atoms with van der Waals surface area (Å²) in [5, 5.41) is 54.3.